The molecule has 0 aromatic carbocycles. The fourth-order valence-corrected chi connectivity index (χ4v) is 3.72. The van der Waals surface area contributed by atoms with Crippen molar-refractivity contribution >= 4 is 11.7 Å². The van der Waals surface area contributed by atoms with Crippen LogP contribution in [0.4, 0.5) is 5.82 Å². The van der Waals surface area contributed by atoms with Gasteiger partial charge in [-0.05, 0) is 38.3 Å². The molecule has 0 radical (unpaired) electrons. The predicted molar refractivity (Wildman–Crippen MR) is 84.1 cm³/mol. The van der Waals surface area contributed by atoms with E-state index in [1.54, 1.807) is 0 Å². The lowest BCUT2D eigenvalue weighted by molar-refractivity contribution is -0.00901. The van der Waals surface area contributed by atoms with Gasteiger partial charge in [-0.25, -0.2) is 4.98 Å². The van der Waals surface area contributed by atoms with Gasteiger partial charge in [0.1, 0.15) is 11.7 Å². The summed E-state index contributed by atoms with van der Waals surface area (Å²) in [5.41, 5.74) is 8.62. The van der Waals surface area contributed by atoms with Crippen LogP contribution in [-0.2, 0) is 4.74 Å². The molecule has 2 fully saturated rings. The van der Waals surface area contributed by atoms with Gasteiger partial charge >= 0.3 is 0 Å². The summed E-state index contributed by atoms with van der Waals surface area (Å²) in [4.78, 5) is 7.06. The van der Waals surface area contributed by atoms with Crippen molar-refractivity contribution in [2.45, 2.75) is 51.7 Å². The number of hydrogen-bond acceptors (Lipinski definition) is 4. The summed E-state index contributed by atoms with van der Waals surface area (Å²) in [5, 5.41) is 7.92. The zero-order valence-corrected chi connectivity index (χ0v) is 12.9. The van der Waals surface area contributed by atoms with E-state index in [-0.39, 0.29) is 5.84 Å². The van der Waals surface area contributed by atoms with Crippen LogP contribution < -0.4 is 10.6 Å². The van der Waals surface area contributed by atoms with Crippen molar-refractivity contribution in [3.8, 4) is 0 Å². The molecular weight excluding hydrogens is 264 g/mol. The minimum Gasteiger partial charge on any atom is -0.384 e. The van der Waals surface area contributed by atoms with Crippen molar-refractivity contribution in [2.75, 3.05) is 18.1 Å². The number of nitrogens with one attached hydrogen (secondary N) is 1. The maximum Gasteiger partial charge on any atom is 0.140 e. The van der Waals surface area contributed by atoms with Gasteiger partial charge in [-0.3, -0.25) is 5.41 Å². The van der Waals surface area contributed by atoms with Crippen molar-refractivity contribution in [2.24, 2.45) is 5.73 Å². The average molecular weight is 288 g/mol. The van der Waals surface area contributed by atoms with Gasteiger partial charge in [-0.2, -0.15) is 0 Å². The van der Waals surface area contributed by atoms with Crippen LogP contribution in [0, 0.1) is 19.3 Å². The Kier molecular flexibility index (Phi) is 3.85. The fraction of sp³-hybridized carbons (Fsp3) is 0.625. The van der Waals surface area contributed by atoms with Gasteiger partial charge in [-0.1, -0.05) is 12.8 Å². The molecule has 0 amide bonds. The highest BCUT2D eigenvalue weighted by atomic mass is 16.5. The van der Waals surface area contributed by atoms with Gasteiger partial charge < -0.3 is 15.4 Å². The van der Waals surface area contributed by atoms with Gasteiger partial charge in [0.15, 0.2) is 0 Å². The molecule has 0 spiro atoms. The minimum atomic E-state index is 0.105. The quantitative estimate of drug-likeness (QED) is 0.646. The standard InChI is InChI=1S/C16H24N4O/c1-10-9-11(2)19-16(14(10)15(17)18)20-7-8-21-13-6-4-3-5-12(13)20/h9,12-13H,3-8H2,1-2H3,(H3,17,18). The second kappa shape index (κ2) is 5.64. The van der Waals surface area contributed by atoms with Crippen molar-refractivity contribution < 1.29 is 4.74 Å². The van der Waals surface area contributed by atoms with Crippen molar-refractivity contribution in [3.05, 3.63) is 22.9 Å². The number of morpholine rings is 1. The molecule has 114 valence electrons. The number of nitrogen functional groups attached to an aromatic ring is 1. The highest BCUT2D eigenvalue weighted by molar-refractivity contribution is 6.01. The first-order valence-corrected chi connectivity index (χ1v) is 7.79. The number of nitrogens with two attached hydrogens (primary N) is 1. The molecule has 5 nitrogen and oxygen atoms in total. The van der Waals surface area contributed by atoms with E-state index >= 15 is 0 Å². The van der Waals surface area contributed by atoms with Crippen molar-refractivity contribution in [3.63, 3.8) is 0 Å². The lowest BCUT2D eigenvalue weighted by atomic mass is 9.89. The molecule has 3 N–H and O–H groups in total. The number of fused-ring (bicyclic) bond motifs is 1. The summed E-state index contributed by atoms with van der Waals surface area (Å²) in [7, 11) is 0. The summed E-state index contributed by atoms with van der Waals surface area (Å²) in [5.74, 6) is 0.981. The van der Waals surface area contributed by atoms with Crippen LogP contribution >= 0.6 is 0 Å². The van der Waals surface area contributed by atoms with Crippen LogP contribution in [0.2, 0.25) is 0 Å². The molecule has 2 atom stereocenters. The summed E-state index contributed by atoms with van der Waals surface area (Å²) >= 11 is 0. The van der Waals surface area contributed by atoms with E-state index in [2.05, 4.69) is 4.90 Å². The number of amidine groups is 1. The maximum absolute atomic E-state index is 7.92. The number of ether oxygens (including phenoxy) is 1. The molecule has 21 heavy (non-hydrogen) atoms. The van der Waals surface area contributed by atoms with Gasteiger partial charge in [0.25, 0.3) is 0 Å². The Morgan fingerprint density at radius 1 is 1.38 bits per heavy atom. The number of nitrogens with zero attached hydrogens (tertiary/aromatic N) is 2. The second-order valence-electron chi connectivity index (χ2n) is 6.15. The molecule has 1 aromatic rings. The predicted octanol–water partition coefficient (Wildman–Crippen LogP) is 2.13. The zero-order valence-electron chi connectivity index (χ0n) is 12.9. The number of rotatable bonds is 2. The smallest absolute Gasteiger partial charge is 0.140 e. The molecule has 1 aromatic heterocycles. The Labute approximate surface area is 126 Å². The lowest BCUT2D eigenvalue weighted by Crippen LogP contribution is -2.53. The van der Waals surface area contributed by atoms with Crippen molar-refractivity contribution in [1.29, 1.82) is 5.41 Å². The van der Waals surface area contributed by atoms with E-state index in [1.165, 1.54) is 12.8 Å². The lowest BCUT2D eigenvalue weighted by Gasteiger charge is -2.45. The minimum absolute atomic E-state index is 0.105. The van der Waals surface area contributed by atoms with Crippen molar-refractivity contribution in [1.82, 2.24) is 4.98 Å². The molecule has 2 aliphatic rings. The summed E-state index contributed by atoms with van der Waals surface area (Å²) in [6.45, 7) is 5.57. The molecule has 2 heterocycles. The SMILES string of the molecule is Cc1cc(C)c(C(=N)N)c(N2CCOC3CCCCC32)n1. The van der Waals surface area contributed by atoms with E-state index < -0.39 is 0 Å². The third kappa shape index (κ3) is 2.62. The molecule has 1 aliphatic heterocycles. The Hall–Kier alpha value is -1.62. The summed E-state index contributed by atoms with van der Waals surface area (Å²) in [6.07, 6.45) is 5.05. The molecule has 3 rings (SSSR count). The monoisotopic (exact) mass is 288 g/mol. The number of aryl methyl sites for hydroxylation is 2. The van der Waals surface area contributed by atoms with Crippen LogP contribution in [0.25, 0.3) is 0 Å². The molecule has 0 bridgehead atoms. The highest BCUT2D eigenvalue weighted by Gasteiger charge is 2.36. The molecule has 5 heteroatoms. The first kappa shape index (κ1) is 14.3. The normalized spacial score (nSPS) is 25.5. The highest BCUT2D eigenvalue weighted by Crippen LogP contribution is 2.33. The average Bonchev–Trinajstić information content (AvgIpc) is 2.45. The van der Waals surface area contributed by atoms with E-state index in [9.17, 15) is 0 Å². The van der Waals surface area contributed by atoms with Crippen LogP contribution in [0.1, 0.15) is 42.5 Å². The molecular formula is C16H24N4O. The van der Waals surface area contributed by atoms with Gasteiger partial charge in [0.05, 0.1) is 24.3 Å². The third-order valence-corrected chi connectivity index (χ3v) is 4.60. The maximum atomic E-state index is 7.92. The Balaban J connectivity index is 2.04. The summed E-state index contributed by atoms with van der Waals surface area (Å²) in [6, 6.07) is 2.37. The Morgan fingerprint density at radius 3 is 2.90 bits per heavy atom. The zero-order chi connectivity index (χ0) is 15.0. The van der Waals surface area contributed by atoms with Gasteiger partial charge in [0, 0.05) is 12.2 Å². The van der Waals surface area contributed by atoms with E-state index in [0.29, 0.717) is 12.1 Å². The molecule has 1 saturated carbocycles. The fourth-order valence-electron chi connectivity index (χ4n) is 3.72. The molecule has 2 unspecified atom stereocenters. The first-order chi connectivity index (χ1) is 10.1. The number of aromatic nitrogens is 1. The van der Waals surface area contributed by atoms with Crippen LogP contribution in [0.5, 0.6) is 0 Å². The molecule has 1 saturated heterocycles. The van der Waals surface area contributed by atoms with Crippen LogP contribution in [0.15, 0.2) is 6.07 Å². The van der Waals surface area contributed by atoms with Gasteiger partial charge in [0.2, 0.25) is 0 Å². The Bertz CT molecular complexity index is 555. The Morgan fingerprint density at radius 2 is 2.14 bits per heavy atom. The topological polar surface area (TPSA) is 75.2 Å². The second-order valence-corrected chi connectivity index (χ2v) is 6.15. The molecule has 1 aliphatic carbocycles. The number of hydrogen-bond donors (Lipinski definition) is 2. The largest absolute Gasteiger partial charge is 0.384 e. The van der Waals surface area contributed by atoms with E-state index in [0.717, 1.165) is 48.6 Å². The van der Waals surface area contributed by atoms with E-state index in [1.807, 2.05) is 19.9 Å². The van der Waals surface area contributed by atoms with Gasteiger partial charge in [-0.15, -0.1) is 0 Å². The number of anilines is 1. The summed E-state index contributed by atoms with van der Waals surface area (Å²) < 4.78 is 5.94. The third-order valence-electron chi connectivity index (χ3n) is 4.60. The van der Waals surface area contributed by atoms with E-state index in [4.69, 9.17) is 20.9 Å². The number of pyridine rings is 1. The first-order valence-electron chi connectivity index (χ1n) is 7.79. The van der Waals surface area contributed by atoms with Crippen LogP contribution in [0.3, 0.4) is 0 Å². The van der Waals surface area contributed by atoms with Crippen LogP contribution in [-0.4, -0.2) is 36.1 Å².